The van der Waals surface area contributed by atoms with E-state index in [0.29, 0.717) is 34.1 Å². The number of hydrogen-bond donors (Lipinski definition) is 0. The zero-order chi connectivity index (χ0) is 20.3. The van der Waals surface area contributed by atoms with E-state index in [0.717, 1.165) is 11.4 Å². The molecule has 0 spiro atoms. The quantitative estimate of drug-likeness (QED) is 0.309. The van der Waals surface area contributed by atoms with Crippen LogP contribution in [0.3, 0.4) is 0 Å². The lowest BCUT2D eigenvalue weighted by molar-refractivity contribution is 0.476. The molecule has 5 rings (SSSR count). The van der Waals surface area contributed by atoms with E-state index in [1.54, 1.807) is 27.9 Å². The molecule has 0 radical (unpaired) electrons. The van der Waals surface area contributed by atoms with Crippen LogP contribution in [0.4, 0.5) is 0 Å². The number of fused-ring (bicyclic) bond motifs is 1. The van der Waals surface area contributed by atoms with Crippen LogP contribution in [0.15, 0.2) is 93.6 Å². The minimum Gasteiger partial charge on any atom is -0.467 e. The Hall–Kier alpha value is -3.65. The van der Waals surface area contributed by atoms with Gasteiger partial charge in [0, 0.05) is 5.75 Å². The predicted molar refractivity (Wildman–Crippen MR) is 115 cm³/mol. The van der Waals surface area contributed by atoms with Crippen LogP contribution in [0.5, 0.6) is 0 Å². The van der Waals surface area contributed by atoms with Crippen molar-refractivity contribution in [1.29, 1.82) is 0 Å². The van der Waals surface area contributed by atoms with Crippen molar-refractivity contribution in [2.45, 2.75) is 17.5 Å². The molecule has 0 saturated heterocycles. The molecule has 0 aliphatic carbocycles. The van der Waals surface area contributed by atoms with Gasteiger partial charge in [-0.25, -0.2) is 4.98 Å². The third-order valence-corrected chi connectivity index (χ3v) is 5.61. The Morgan fingerprint density at radius 1 is 0.967 bits per heavy atom. The highest BCUT2D eigenvalue weighted by Gasteiger charge is 2.14. The molecule has 3 heterocycles. The van der Waals surface area contributed by atoms with Gasteiger partial charge in [-0.05, 0) is 36.4 Å². The van der Waals surface area contributed by atoms with Gasteiger partial charge < -0.3 is 4.42 Å². The van der Waals surface area contributed by atoms with Crippen LogP contribution in [0.25, 0.3) is 16.6 Å². The van der Waals surface area contributed by atoms with Crippen molar-refractivity contribution in [2.24, 2.45) is 0 Å². The molecule has 0 N–H and O–H groups in total. The van der Waals surface area contributed by atoms with Crippen LogP contribution in [0.2, 0.25) is 0 Å². The fourth-order valence-corrected chi connectivity index (χ4v) is 4.02. The topological polar surface area (TPSA) is 78.7 Å². The van der Waals surface area contributed by atoms with Gasteiger partial charge in [0.15, 0.2) is 5.16 Å². The average molecular weight is 415 g/mol. The molecule has 0 aliphatic heterocycles. The van der Waals surface area contributed by atoms with Crippen molar-refractivity contribution in [3.8, 4) is 5.69 Å². The van der Waals surface area contributed by atoms with Crippen LogP contribution in [-0.2, 0) is 12.3 Å². The van der Waals surface area contributed by atoms with E-state index >= 15 is 0 Å². The molecule has 0 fully saturated rings. The number of aromatic nitrogens is 5. The van der Waals surface area contributed by atoms with E-state index in [1.165, 1.54) is 11.8 Å². The fourth-order valence-electron chi connectivity index (χ4n) is 3.14. The summed E-state index contributed by atoms with van der Waals surface area (Å²) in [5.74, 6) is 1.24. The number of thioether (sulfide) groups is 1. The lowest BCUT2D eigenvalue weighted by Crippen LogP contribution is -2.23. The highest BCUT2D eigenvalue weighted by atomic mass is 32.2. The van der Waals surface area contributed by atoms with Crippen molar-refractivity contribution >= 4 is 22.7 Å². The monoisotopic (exact) mass is 415 g/mol. The van der Waals surface area contributed by atoms with E-state index in [4.69, 9.17) is 9.40 Å². The van der Waals surface area contributed by atoms with E-state index in [2.05, 4.69) is 10.2 Å². The Morgan fingerprint density at radius 3 is 2.63 bits per heavy atom. The first-order chi connectivity index (χ1) is 14.8. The van der Waals surface area contributed by atoms with Gasteiger partial charge in [0.2, 0.25) is 0 Å². The summed E-state index contributed by atoms with van der Waals surface area (Å²) in [6.45, 7) is 0.322. The molecular weight excluding hydrogens is 398 g/mol. The average Bonchev–Trinajstić information content (AvgIpc) is 3.47. The number of para-hydroxylation sites is 2. The maximum absolute atomic E-state index is 13.1. The molecule has 0 bridgehead atoms. The Labute approximate surface area is 176 Å². The first kappa shape index (κ1) is 18.4. The van der Waals surface area contributed by atoms with Crippen molar-refractivity contribution in [1.82, 2.24) is 24.5 Å². The molecule has 2 aromatic carbocycles. The third kappa shape index (κ3) is 3.65. The molecule has 30 heavy (non-hydrogen) atoms. The van der Waals surface area contributed by atoms with Crippen LogP contribution < -0.4 is 5.56 Å². The van der Waals surface area contributed by atoms with E-state index in [-0.39, 0.29) is 5.56 Å². The summed E-state index contributed by atoms with van der Waals surface area (Å²) in [4.78, 5) is 19.4. The minimum atomic E-state index is -0.0903. The molecule has 0 amide bonds. The number of rotatable bonds is 6. The second kappa shape index (κ2) is 8.00. The summed E-state index contributed by atoms with van der Waals surface area (Å²) in [6.07, 6.45) is 3.33. The Bertz CT molecular complexity index is 1340. The summed E-state index contributed by atoms with van der Waals surface area (Å²) in [7, 11) is 0. The second-order valence-corrected chi connectivity index (χ2v) is 7.57. The standard InChI is InChI=1S/C22H17N5O2S/c28-21-19-10-4-5-11-20(19)24-22(26(21)14-18-9-6-12-29-18)30-15-16-13-23-27(25-16)17-7-2-1-3-8-17/h1-13H,14-15H2. The number of furan rings is 1. The summed E-state index contributed by atoms with van der Waals surface area (Å²) >= 11 is 1.45. The Kier molecular flexibility index (Phi) is 4.90. The zero-order valence-electron chi connectivity index (χ0n) is 15.9. The molecule has 5 aromatic rings. The molecule has 0 aliphatic rings. The maximum Gasteiger partial charge on any atom is 0.262 e. The Balaban J connectivity index is 1.46. The summed E-state index contributed by atoms with van der Waals surface area (Å²) in [5.41, 5.74) is 2.28. The first-order valence-corrected chi connectivity index (χ1v) is 10.4. The number of hydrogen-bond acceptors (Lipinski definition) is 6. The lowest BCUT2D eigenvalue weighted by Gasteiger charge is -2.11. The van der Waals surface area contributed by atoms with Gasteiger partial charge in [-0.3, -0.25) is 9.36 Å². The minimum absolute atomic E-state index is 0.0903. The van der Waals surface area contributed by atoms with Crippen LogP contribution in [0, 0.1) is 0 Å². The van der Waals surface area contributed by atoms with Crippen molar-refractivity contribution in [3.63, 3.8) is 0 Å². The summed E-state index contributed by atoms with van der Waals surface area (Å²) in [6, 6.07) is 20.8. The normalized spacial score (nSPS) is 11.2. The van der Waals surface area contributed by atoms with Gasteiger partial charge in [-0.15, -0.1) is 0 Å². The summed E-state index contributed by atoms with van der Waals surface area (Å²) < 4.78 is 7.10. The Morgan fingerprint density at radius 2 is 1.80 bits per heavy atom. The fraction of sp³-hybridized carbons (Fsp3) is 0.0909. The first-order valence-electron chi connectivity index (χ1n) is 9.39. The van der Waals surface area contributed by atoms with E-state index in [1.807, 2.05) is 60.7 Å². The molecule has 0 saturated carbocycles. The van der Waals surface area contributed by atoms with Crippen LogP contribution in [-0.4, -0.2) is 24.5 Å². The molecular formula is C22H17N5O2S. The third-order valence-electron chi connectivity index (χ3n) is 4.60. The van der Waals surface area contributed by atoms with Gasteiger partial charge in [-0.1, -0.05) is 42.1 Å². The van der Waals surface area contributed by atoms with E-state index in [9.17, 15) is 4.79 Å². The van der Waals surface area contributed by atoms with Gasteiger partial charge in [0.25, 0.3) is 5.56 Å². The zero-order valence-corrected chi connectivity index (χ0v) is 16.7. The van der Waals surface area contributed by atoms with E-state index < -0.39 is 0 Å². The van der Waals surface area contributed by atoms with Gasteiger partial charge in [-0.2, -0.15) is 15.0 Å². The highest BCUT2D eigenvalue weighted by molar-refractivity contribution is 7.98. The predicted octanol–water partition coefficient (Wildman–Crippen LogP) is 3.91. The second-order valence-electron chi connectivity index (χ2n) is 6.63. The number of nitrogens with zero attached hydrogens (tertiary/aromatic N) is 5. The molecule has 8 heteroatoms. The molecule has 7 nitrogen and oxygen atoms in total. The highest BCUT2D eigenvalue weighted by Crippen LogP contribution is 2.22. The van der Waals surface area contributed by atoms with Gasteiger partial charge in [0.05, 0.1) is 41.3 Å². The molecule has 0 atom stereocenters. The lowest BCUT2D eigenvalue weighted by atomic mass is 10.2. The largest absolute Gasteiger partial charge is 0.467 e. The van der Waals surface area contributed by atoms with Gasteiger partial charge >= 0.3 is 0 Å². The van der Waals surface area contributed by atoms with Crippen LogP contribution >= 0.6 is 11.8 Å². The summed E-state index contributed by atoms with van der Waals surface area (Å²) in [5, 5.41) is 10.1. The number of benzene rings is 2. The van der Waals surface area contributed by atoms with Crippen molar-refractivity contribution in [2.75, 3.05) is 0 Å². The molecule has 0 unspecified atom stereocenters. The van der Waals surface area contributed by atoms with Gasteiger partial charge in [0.1, 0.15) is 5.76 Å². The SMILES string of the molecule is O=c1c2ccccc2nc(SCc2cnn(-c3ccccc3)n2)n1Cc1ccco1. The molecule has 3 aromatic heterocycles. The van der Waals surface area contributed by atoms with Crippen LogP contribution in [0.1, 0.15) is 11.5 Å². The van der Waals surface area contributed by atoms with Crippen molar-refractivity contribution in [3.05, 3.63) is 101 Å². The maximum atomic E-state index is 13.1. The van der Waals surface area contributed by atoms with Crippen molar-refractivity contribution < 1.29 is 4.42 Å². The smallest absolute Gasteiger partial charge is 0.262 e. The molecule has 148 valence electrons.